The summed E-state index contributed by atoms with van der Waals surface area (Å²) >= 11 is 0. The van der Waals surface area contributed by atoms with Crippen LogP contribution >= 0.6 is 0 Å². The smallest absolute Gasteiger partial charge is 0.164 e. The normalized spacial score (nSPS) is 12.8. The molecule has 9 aromatic rings. The maximum atomic E-state index is 6.54. The predicted molar refractivity (Wildman–Crippen MR) is 226 cm³/mol. The quantitative estimate of drug-likeness (QED) is 0.166. The molecule has 1 aliphatic carbocycles. The molecule has 7 aromatic carbocycles. The summed E-state index contributed by atoms with van der Waals surface area (Å²) in [5.41, 5.74) is 14.5. The van der Waals surface area contributed by atoms with Crippen LogP contribution < -0.4 is 0 Å². The molecule has 0 saturated carbocycles. The molecular formula is C51H35N3O. The van der Waals surface area contributed by atoms with Gasteiger partial charge in [-0.25, -0.2) is 15.0 Å². The molecular weight excluding hydrogens is 671 g/mol. The van der Waals surface area contributed by atoms with Gasteiger partial charge < -0.3 is 4.42 Å². The summed E-state index contributed by atoms with van der Waals surface area (Å²) in [7, 11) is 0. The van der Waals surface area contributed by atoms with Gasteiger partial charge in [0.15, 0.2) is 17.5 Å². The third-order valence-electron chi connectivity index (χ3n) is 10.5. The Labute approximate surface area is 319 Å². The van der Waals surface area contributed by atoms with Crippen LogP contribution in [0.1, 0.15) is 24.0 Å². The van der Waals surface area contributed by atoms with Gasteiger partial charge in [0.2, 0.25) is 0 Å². The monoisotopic (exact) mass is 705 g/mol. The molecule has 4 heteroatoms. The Morgan fingerprint density at radius 1 is 0.345 bits per heavy atom. The summed E-state index contributed by atoms with van der Waals surface area (Å²) in [6.07, 6.45) is 6.48. The second-order valence-corrected chi connectivity index (χ2v) is 13.9. The SMILES string of the molecule is C1=C(c2cccc(-c3ccc(-c4ccccc4)cc3)c2)CCC(c2ccc3c(c2)oc2cccc(-c4nc(-c5ccccc5)nc(-c5ccccc5)n4)c23)=C1. The van der Waals surface area contributed by atoms with Gasteiger partial charge in [0.1, 0.15) is 11.2 Å². The Kier molecular flexibility index (Phi) is 8.27. The highest BCUT2D eigenvalue weighted by molar-refractivity contribution is 6.12. The first-order valence-corrected chi connectivity index (χ1v) is 18.7. The minimum Gasteiger partial charge on any atom is -0.456 e. The zero-order valence-corrected chi connectivity index (χ0v) is 30.1. The highest BCUT2D eigenvalue weighted by atomic mass is 16.3. The molecule has 55 heavy (non-hydrogen) atoms. The van der Waals surface area contributed by atoms with Crippen molar-refractivity contribution >= 4 is 33.1 Å². The zero-order valence-electron chi connectivity index (χ0n) is 30.1. The van der Waals surface area contributed by atoms with Crippen LogP contribution in [0.4, 0.5) is 0 Å². The third kappa shape index (κ3) is 6.34. The van der Waals surface area contributed by atoms with Crippen molar-refractivity contribution in [2.75, 3.05) is 0 Å². The summed E-state index contributed by atoms with van der Waals surface area (Å²) in [4.78, 5) is 14.9. The van der Waals surface area contributed by atoms with Crippen LogP contribution in [0.25, 0.3) is 89.5 Å². The first-order valence-electron chi connectivity index (χ1n) is 18.7. The van der Waals surface area contributed by atoms with E-state index in [1.54, 1.807) is 0 Å². The molecule has 0 N–H and O–H groups in total. The molecule has 0 aliphatic heterocycles. The first kappa shape index (κ1) is 32.5. The van der Waals surface area contributed by atoms with Gasteiger partial charge in [-0.3, -0.25) is 0 Å². The minimum atomic E-state index is 0.617. The molecule has 0 radical (unpaired) electrons. The zero-order chi connectivity index (χ0) is 36.6. The largest absolute Gasteiger partial charge is 0.456 e. The Morgan fingerprint density at radius 2 is 0.818 bits per heavy atom. The molecule has 0 unspecified atom stereocenters. The van der Waals surface area contributed by atoms with Crippen molar-refractivity contribution in [1.29, 1.82) is 0 Å². The van der Waals surface area contributed by atoms with E-state index in [0.717, 1.165) is 51.5 Å². The number of fused-ring (bicyclic) bond motifs is 3. The fourth-order valence-corrected chi connectivity index (χ4v) is 7.64. The molecule has 0 spiro atoms. The first-order chi connectivity index (χ1) is 27.2. The van der Waals surface area contributed by atoms with Crippen LogP contribution in [0.2, 0.25) is 0 Å². The lowest BCUT2D eigenvalue weighted by atomic mass is 9.88. The van der Waals surface area contributed by atoms with Crippen molar-refractivity contribution in [3.05, 3.63) is 199 Å². The number of hydrogen-bond acceptors (Lipinski definition) is 4. The minimum absolute atomic E-state index is 0.617. The highest BCUT2D eigenvalue weighted by Gasteiger charge is 2.19. The summed E-state index contributed by atoms with van der Waals surface area (Å²) < 4.78 is 6.54. The van der Waals surface area contributed by atoms with Gasteiger partial charge in [-0.1, -0.05) is 164 Å². The molecule has 260 valence electrons. The van der Waals surface area contributed by atoms with Crippen molar-refractivity contribution in [3.63, 3.8) is 0 Å². The lowest BCUT2D eigenvalue weighted by Crippen LogP contribution is -2.00. The van der Waals surface area contributed by atoms with Crippen molar-refractivity contribution in [1.82, 2.24) is 15.0 Å². The van der Waals surface area contributed by atoms with Crippen LogP contribution in [0.15, 0.2) is 192 Å². The van der Waals surface area contributed by atoms with E-state index in [-0.39, 0.29) is 0 Å². The van der Waals surface area contributed by atoms with Crippen LogP contribution in [-0.4, -0.2) is 15.0 Å². The number of nitrogens with zero attached hydrogens (tertiary/aromatic N) is 3. The van der Waals surface area contributed by atoms with E-state index in [1.807, 2.05) is 72.8 Å². The van der Waals surface area contributed by atoms with Crippen molar-refractivity contribution < 1.29 is 4.42 Å². The van der Waals surface area contributed by atoms with Crippen LogP contribution in [0.5, 0.6) is 0 Å². The lowest BCUT2D eigenvalue weighted by Gasteiger charge is -2.16. The summed E-state index contributed by atoms with van der Waals surface area (Å²) in [6.45, 7) is 0. The molecule has 10 rings (SSSR count). The van der Waals surface area contributed by atoms with Gasteiger partial charge in [-0.05, 0) is 81.6 Å². The van der Waals surface area contributed by atoms with E-state index in [1.165, 1.54) is 44.5 Å². The van der Waals surface area contributed by atoms with Crippen LogP contribution in [0, 0.1) is 0 Å². The van der Waals surface area contributed by atoms with Gasteiger partial charge in [0.25, 0.3) is 0 Å². The fourth-order valence-electron chi connectivity index (χ4n) is 7.64. The van der Waals surface area contributed by atoms with Gasteiger partial charge >= 0.3 is 0 Å². The number of allylic oxidation sites excluding steroid dienone is 4. The molecule has 2 aromatic heterocycles. The Balaban J connectivity index is 0.965. The highest BCUT2D eigenvalue weighted by Crippen LogP contribution is 2.39. The second-order valence-electron chi connectivity index (χ2n) is 13.9. The van der Waals surface area contributed by atoms with Crippen molar-refractivity contribution in [2.24, 2.45) is 0 Å². The Hall–Kier alpha value is -7.17. The molecule has 2 heterocycles. The van der Waals surface area contributed by atoms with E-state index in [2.05, 4.69) is 115 Å². The van der Waals surface area contributed by atoms with E-state index < -0.39 is 0 Å². The molecule has 0 amide bonds. The van der Waals surface area contributed by atoms with Gasteiger partial charge in [-0.15, -0.1) is 0 Å². The molecule has 0 saturated heterocycles. The molecule has 0 bridgehead atoms. The number of benzene rings is 7. The van der Waals surface area contributed by atoms with Crippen molar-refractivity contribution in [3.8, 4) is 56.4 Å². The molecule has 1 aliphatic rings. The standard InChI is InChI=1S/C51H35N3O/c1-4-12-34(13-5-1)35-22-24-36(25-23-35)41-18-10-19-42(32-41)37-26-28-38(29-27-37)43-30-31-44-47(33-43)55-46-21-11-20-45(48(44)46)51-53-49(39-14-6-2-7-15-39)52-50(54-51)40-16-8-3-9-17-40/h1-26,28,30-33H,27,29H2. The number of hydrogen-bond donors (Lipinski definition) is 0. The van der Waals surface area contributed by atoms with Gasteiger partial charge in [0, 0.05) is 27.5 Å². The lowest BCUT2D eigenvalue weighted by molar-refractivity contribution is 0.669. The average Bonchev–Trinajstić information content (AvgIpc) is 3.66. The van der Waals surface area contributed by atoms with Crippen molar-refractivity contribution in [2.45, 2.75) is 12.8 Å². The fraction of sp³-hybridized carbons (Fsp3) is 0.0392. The number of aromatic nitrogens is 3. The van der Waals surface area contributed by atoms with E-state index in [9.17, 15) is 0 Å². The van der Waals surface area contributed by atoms with E-state index in [4.69, 9.17) is 19.4 Å². The third-order valence-corrected chi connectivity index (χ3v) is 10.5. The topological polar surface area (TPSA) is 51.8 Å². The summed E-state index contributed by atoms with van der Waals surface area (Å²) in [5, 5.41) is 2.04. The molecule has 4 nitrogen and oxygen atoms in total. The second kappa shape index (κ2) is 14.0. The number of furan rings is 1. The maximum Gasteiger partial charge on any atom is 0.164 e. The van der Waals surface area contributed by atoms with Crippen LogP contribution in [-0.2, 0) is 0 Å². The van der Waals surface area contributed by atoms with E-state index in [0.29, 0.717) is 17.5 Å². The van der Waals surface area contributed by atoms with Gasteiger partial charge in [0.05, 0.1) is 0 Å². The molecule has 0 atom stereocenters. The number of rotatable bonds is 7. The van der Waals surface area contributed by atoms with E-state index >= 15 is 0 Å². The van der Waals surface area contributed by atoms with Crippen LogP contribution in [0.3, 0.4) is 0 Å². The summed E-state index contributed by atoms with van der Waals surface area (Å²) in [5.74, 6) is 1.89. The van der Waals surface area contributed by atoms with Gasteiger partial charge in [-0.2, -0.15) is 0 Å². The Bertz CT molecular complexity index is 2830. The molecule has 0 fully saturated rings. The predicted octanol–water partition coefficient (Wildman–Crippen LogP) is 13.4. The average molecular weight is 706 g/mol. The maximum absolute atomic E-state index is 6.54. The Morgan fingerprint density at radius 3 is 1.44 bits per heavy atom. The summed E-state index contributed by atoms with van der Waals surface area (Å²) in [6, 6.07) is 61.2.